The van der Waals surface area contributed by atoms with Crippen molar-refractivity contribution in [1.29, 1.82) is 0 Å². The van der Waals surface area contributed by atoms with E-state index in [1.165, 1.54) is 19.4 Å². The zero-order chi connectivity index (χ0) is 16.3. The van der Waals surface area contributed by atoms with E-state index in [2.05, 4.69) is 24.5 Å². The van der Waals surface area contributed by atoms with Gasteiger partial charge in [-0.25, -0.2) is 4.79 Å². The highest BCUT2D eigenvalue weighted by molar-refractivity contribution is 6.25. The summed E-state index contributed by atoms with van der Waals surface area (Å²) < 4.78 is 4.17. The Hall–Kier alpha value is -1.63. The first-order chi connectivity index (χ1) is 8.72. The molecule has 0 aliphatic heterocycles. The van der Waals surface area contributed by atoms with Crippen molar-refractivity contribution in [3.63, 3.8) is 0 Å². The van der Waals surface area contributed by atoms with Gasteiger partial charge in [-0.15, -0.1) is 0 Å². The van der Waals surface area contributed by atoms with Gasteiger partial charge in [-0.3, -0.25) is 4.79 Å². The van der Waals surface area contributed by atoms with E-state index in [4.69, 9.17) is 26.9 Å². The maximum atomic E-state index is 9.75. The number of carboxylic acid groups (broad SMARTS) is 1. The second kappa shape index (κ2) is 25.3. The summed E-state index contributed by atoms with van der Waals surface area (Å²) in [6, 6.07) is 0. The Labute approximate surface area is 118 Å². The summed E-state index contributed by atoms with van der Waals surface area (Å²) in [5.41, 5.74) is 1.22. The molecule has 7 heteroatoms. The van der Waals surface area contributed by atoms with E-state index in [0.29, 0.717) is 0 Å². The number of rotatable bonds is 3. The molecular formula is C12H21ClO6. The lowest BCUT2D eigenvalue weighted by molar-refractivity contribution is -0.135. The molecule has 0 saturated carbocycles. The number of hydrogen-bond acceptors (Lipinski definition) is 5. The largest absolute Gasteiger partial charge is 0.478 e. The van der Waals surface area contributed by atoms with E-state index in [1.807, 2.05) is 0 Å². The number of carbonyl (C=O) groups excluding carboxylic acids is 1. The number of carbonyl (C=O) groups is 2. The molecule has 0 aromatic rings. The summed E-state index contributed by atoms with van der Waals surface area (Å²) in [6.45, 7) is 12.0. The van der Waals surface area contributed by atoms with Crippen LogP contribution in [-0.2, 0) is 14.3 Å². The van der Waals surface area contributed by atoms with Crippen LogP contribution < -0.4 is 0 Å². The number of esters is 1. The molecule has 0 aliphatic carbocycles. The average Bonchev–Trinajstić information content (AvgIpc) is 2.31. The molecule has 0 radical (unpaired) electrons. The number of ether oxygens (including phenoxy) is 1. The van der Waals surface area contributed by atoms with Crippen LogP contribution in [0.1, 0.15) is 13.8 Å². The second-order valence-electron chi connectivity index (χ2n) is 2.50. The number of hydrogen-bond donors (Lipinski definition) is 3. The molecule has 1 unspecified atom stereocenters. The monoisotopic (exact) mass is 296 g/mol. The van der Waals surface area contributed by atoms with E-state index in [0.717, 1.165) is 12.3 Å². The number of carboxylic acids is 1. The molecule has 0 saturated heterocycles. The molecule has 0 aromatic carbocycles. The van der Waals surface area contributed by atoms with Gasteiger partial charge in [0.05, 0.1) is 19.0 Å². The highest BCUT2D eigenvalue weighted by Crippen LogP contribution is 1.70. The molecule has 0 fully saturated rings. The lowest BCUT2D eigenvalue weighted by Crippen LogP contribution is -2.03. The summed E-state index contributed by atoms with van der Waals surface area (Å²) in [4.78, 5) is 19.0. The van der Waals surface area contributed by atoms with Crippen molar-refractivity contribution >= 4 is 23.5 Å². The van der Waals surface area contributed by atoms with Gasteiger partial charge in [-0.1, -0.05) is 31.3 Å². The molecule has 0 aromatic heterocycles. The molecule has 19 heavy (non-hydrogen) atoms. The van der Waals surface area contributed by atoms with Crippen LogP contribution in [-0.4, -0.2) is 40.0 Å². The summed E-state index contributed by atoms with van der Waals surface area (Å²) in [6.07, 6.45) is 1.37. The van der Waals surface area contributed by atoms with E-state index in [-0.39, 0.29) is 12.6 Å². The minimum Gasteiger partial charge on any atom is -0.478 e. The SMILES string of the molecule is C=CC(=O)O.C=CCl.C=COC(C)=O.CC(O)CO. The Bertz CT molecular complexity index is 251. The number of aliphatic carboxylic acids is 1. The van der Waals surface area contributed by atoms with E-state index in [9.17, 15) is 9.59 Å². The zero-order valence-electron chi connectivity index (χ0n) is 11.1. The summed E-state index contributed by atoms with van der Waals surface area (Å²) >= 11 is 4.76. The second-order valence-corrected chi connectivity index (χ2v) is 2.81. The Morgan fingerprint density at radius 2 is 1.63 bits per heavy atom. The average molecular weight is 297 g/mol. The van der Waals surface area contributed by atoms with Gasteiger partial charge in [0, 0.05) is 13.0 Å². The fourth-order valence-electron chi connectivity index (χ4n) is 0.117. The first-order valence-electron chi connectivity index (χ1n) is 4.86. The van der Waals surface area contributed by atoms with Crippen molar-refractivity contribution in [1.82, 2.24) is 0 Å². The lowest BCUT2D eigenvalue weighted by atomic mass is 10.5. The molecule has 0 amide bonds. The molecule has 0 rings (SSSR count). The van der Waals surface area contributed by atoms with Gasteiger partial charge < -0.3 is 20.1 Å². The standard InChI is InChI=1S/C4H6O2.C3H8O2.C3H4O2.C2H3Cl/c1-3-6-4(2)5;1-3(5)2-4;1-2-3(4)5;1-2-3/h3H,1H2,2H3;3-5H,2H2,1H3;2H,1H2,(H,4,5);2H,1H2. The molecule has 0 aliphatic rings. The van der Waals surface area contributed by atoms with Crippen LogP contribution in [0.5, 0.6) is 0 Å². The maximum absolute atomic E-state index is 9.75. The molecular weight excluding hydrogens is 276 g/mol. The van der Waals surface area contributed by atoms with Crippen molar-refractivity contribution in [3.8, 4) is 0 Å². The number of aliphatic hydroxyl groups is 2. The maximum Gasteiger partial charge on any atom is 0.327 e. The smallest absolute Gasteiger partial charge is 0.327 e. The summed E-state index contributed by atoms with van der Waals surface area (Å²) in [5, 5.41) is 23.6. The normalized spacial score (nSPS) is 8.47. The van der Waals surface area contributed by atoms with Gasteiger partial charge in [0.15, 0.2) is 0 Å². The summed E-state index contributed by atoms with van der Waals surface area (Å²) in [5.74, 6) is -1.31. The van der Waals surface area contributed by atoms with Gasteiger partial charge in [0.25, 0.3) is 0 Å². The summed E-state index contributed by atoms with van der Waals surface area (Å²) in [7, 11) is 0. The van der Waals surface area contributed by atoms with Gasteiger partial charge in [-0.05, 0) is 12.5 Å². The Morgan fingerprint density at radius 3 is 1.63 bits per heavy atom. The van der Waals surface area contributed by atoms with Crippen LogP contribution >= 0.6 is 11.6 Å². The Balaban J connectivity index is -0.0000000811. The third-order valence-electron chi connectivity index (χ3n) is 0.688. The topological polar surface area (TPSA) is 104 Å². The highest BCUT2D eigenvalue weighted by Gasteiger charge is 1.83. The zero-order valence-corrected chi connectivity index (χ0v) is 11.8. The van der Waals surface area contributed by atoms with Crippen LogP contribution in [0.4, 0.5) is 0 Å². The van der Waals surface area contributed by atoms with Crippen molar-refractivity contribution in [2.75, 3.05) is 6.61 Å². The first kappa shape index (κ1) is 26.0. The van der Waals surface area contributed by atoms with Gasteiger partial charge in [0.2, 0.25) is 0 Å². The third kappa shape index (κ3) is 117. The van der Waals surface area contributed by atoms with E-state index >= 15 is 0 Å². The molecule has 0 spiro atoms. The number of aliphatic hydroxyl groups excluding tert-OH is 2. The van der Waals surface area contributed by atoms with E-state index in [1.54, 1.807) is 0 Å². The Kier molecular flexibility index (Phi) is 34.6. The highest BCUT2D eigenvalue weighted by atomic mass is 35.5. The number of halogens is 1. The molecule has 3 N–H and O–H groups in total. The molecule has 0 heterocycles. The molecule has 0 bridgehead atoms. The minimum absolute atomic E-state index is 0.139. The van der Waals surface area contributed by atoms with E-state index < -0.39 is 12.1 Å². The predicted molar refractivity (Wildman–Crippen MR) is 74.6 cm³/mol. The van der Waals surface area contributed by atoms with Crippen LogP contribution in [0.2, 0.25) is 0 Å². The van der Waals surface area contributed by atoms with Crippen LogP contribution in [0.15, 0.2) is 37.6 Å². The van der Waals surface area contributed by atoms with Crippen LogP contribution in [0.25, 0.3) is 0 Å². The van der Waals surface area contributed by atoms with Crippen molar-refractivity contribution in [3.05, 3.63) is 37.6 Å². The fourth-order valence-corrected chi connectivity index (χ4v) is 0.117. The van der Waals surface area contributed by atoms with Crippen LogP contribution in [0, 0.1) is 0 Å². The van der Waals surface area contributed by atoms with Crippen molar-refractivity contribution in [2.45, 2.75) is 20.0 Å². The third-order valence-corrected chi connectivity index (χ3v) is 0.688. The van der Waals surface area contributed by atoms with Crippen molar-refractivity contribution < 1.29 is 29.6 Å². The molecule has 112 valence electrons. The lowest BCUT2D eigenvalue weighted by Gasteiger charge is -1.90. The van der Waals surface area contributed by atoms with Gasteiger partial charge in [-0.2, -0.15) is 0 Å². The predicted octanol–water partition coefficient (Wildman–Crippen LogP) is 1.68. The fraction of sp³-hybridized carbons (Fsp3) is 0.333. The Morgan fingerprint density at radius 1 is 1.37 bits per heavy atom. The first-order valence-corrected chi connectivity index (χ1v) is 5.30. The van der Waals surface area contributed by atoms with Crippen molar-refractivity contribution in [2.24, 2.45) is 0 Å². The minimum atomic E-state index is -0.981. The van der Waals surface area contributed by atoms with Gasteiger partial charge >= 0.3 is 11.9 Å². The quantitative estimate of drug-likeness (QED) is 0.416. The van der Waals surface area contributed by atoms with Gasteiger partial charge in [0.1, 0.15) is 0 Å². The molecule has 6 nitrogen and oxygen atoms in total. The molecule has 1 atom stereocenters. The van der Waals surface area contributed by atoms with Crippen LogP contribution in [0.3, 0.4) is 0 Å².